The summed E-state index contributed by atoms with van der Waals surface area (Å²) in [5, 5.41) is 6.20. The minimum Gasteiger partial charge on any atom is -0.309 e. The Labute approximate surface area is 332 Å². The number of para-hydroxylation sites is 5. The maximum atomic E-state index is 5.46. The summed E-state index contributed by atoms with van der Waals surface area (Å²) in [6.07, 6.45) is 0. The van der Waals surface area contributed by atoms with Gasteiger partial charge in [0.2, 0.25) is 0 Å². The molecule has 0 amide bonds. The van der Waals surface area contributed by atoms with Crippen molar-refractivity contribution in [3.05, 3.63) is 194 Å². The molecule has 8 aromatic carbocycles. The highest BCUT2D eigenvalue weighted by molar-refractivity contribution is 7.26. The summed E-state index contributed by atoms with van der Waals surface area (Å²) in [6, 6.07) is 69.5. The van der Waals surface area contributed by atoms with Gasteiger partial charge in [-0.3, -0.25) is 4.57 Å². The van der Waals surface area contributed by atoms with E-state index in [-0.39, 0.29) is 0 Å². The van der Waals surface area contributed by atoms with Gasteiger partial charge in [0.15, 0.2) is 0 Å². The zero-order valence-electron chi connectivity index (χ0n) is 30.7. The molecule has 4 aromatic heterocycles. The van der Waals surface area contributed by atoms with Gasteiger partial charge in [0, 0.05) is 54.1 Å². The van der Waals surface area contributed by atoms with Gasteiger partial charge >= 0.3 is 0 Å². The Morgan fingerprint density at radius 3 is 1.72 bits per heavy atom. The van der Waals surface area contributed by atoms with Crippen LogP contribution in [0.15, 0.2) is 194 Å². The van der Waals surface area contributed by atoms with E-state index in [9.17, 15) is 0 Å². The molecule has 0 unspecified atom stereocenters. The van der Waals surface area contributed by atoms with E-state index in [2.05, 4.69) is 197 Å². The lowest BCUT2D eigenvalue weighted by molar-refractivity contribution is 1.10. The molecule has 0 atom stereocenters. The Balaban J connectivity index is 1.11. The standard InChI is InChI=1S/C52H32N4S/c1-2-14-34(15-3-1)52-54-44-21-9-12-24-47(44)56(52)37-28-26-33(27-29-37)35-30-36(32-38(31-35)55-45-22-10-5-16-39(45)40-17-6-11-23-46(40)55)50-51-49(41-18-4-8-20-43(41)53-50)42-19-7-13-25-48(42)57-51/h1-32H. The van der Waals surface area contributed by atoms with Crippen LogP contribution < -0.4 is 0 Å². The van der Waals surface area contributed by atoms with Crippen molar-refractivity contribution in [3.63, 3.8) is 0 Å². The minimum atomic E-state index is 0.926. The van der Waals surface area contributed by atoms with Crippen LogP contribution in [0.1, 0.15) is 0 Å². The molecule has 0 bridgehead atoms. The third kappa shape index (κ3) is 4.99. The molecule has 0 saturated heterocycles. The van der Waals surface area contributed by atoms with Crippen molar-refractivity contribution < 1.29 is 0 Å². The first-order valence-corrected chi connectivity index (χ1v) is 20.1. The topological polar surface area (TPSA) is 35.6 Å². The Morgan fingerprint density at radius 2 is 0.965 bits per heavy atom. The second-order valence-corrected chi connectivity index (χ2v) is 15.6. The second-order valence-electron chi connectivity index (χ2n) is 14.6. The first-order valence-electron chi connectivity index (χ1n) is 19.2. The third-order valence-corrected chi connectivity index (χ3v) is 12.5. The normalized spacial score (nSPS) is 11.9. The van der Waals surface area contributed by atoms with Crippen molar-refractivity contribution in [3.8, 4) is 45.1 Å². The lowest BCUT2D eigenvalue weighted by Crippen LogP contribution is -1.98. The van der Waals surface area contributed by atoms with Crippen molar-refractivity contribution in [2.45, 2.75) is 0 Å². The first-order chi connectivity index (χ1) is 28.3. The predicted octanol–water partition coefficient (Wildman–Crippen LogP) is 14.0. The molecule has 266 valence electrons. The van der Waals surface area contributed by atoms with Crippen LogP contribution in [0.4, 0.5) is 0 Å². The van der Waals surface area contributed by atoms with Crippen molar-refractivity contribution in [1.82, 2.24) is 19.1 Å². The summed E-state index contributed by atoms with van der Waals surface area (Å²) >= 11 is 1.83. The van der Waals surface area contributed by atoms with Crippen LogP contribution in [0.3, 0.4) is 0 Å². The minimum absolute atomic E-state index is 0.926. The summed E-state index contributed by atoms with van der Waals surface area (Å²) in [5.74, 6) is 0.926. The van der Waals surface area contributed by atoms with Crippen LogP contribution in [-0.2, 0) is 0 Å². The number of nitrogens with zero attached hydrogens (tertiary/aromatic N) is 4. The van der Waals surface area contributed by atoms with E-state index in [0.717, 1.165) is 61.7 Å². The summed E-state index contributed by atoms with van der Waals surface area (Å²) in [4.78, 5) is 10.5. The van der Waals surface area contributed by atoms with Crippen LogP contribution >= 0.6 is 11.3 Å². The van der Waals surface area contributed by atoms with Gasteiger partial charge < -0.3 is 4.57 Å². The molecule has 4 heterocycles. The number of fused-ring (bicyclic) bond motifs is 9. The monoisotopic (exact) mass is 744 g/mol. The summed E-state index contributed by atoms with van der Waals surface area (Å²) in [7, 11) is 0. The summed E-state index contributed by atoms with van der Waals surface area (Å²) in [6.45, 7) is 0. The van der Waals surface area contributed by atoms with E-state index in [1.165, 1.54) is 47.4 Å². The molecule has 12 rings (SSSR count). The van der Waals surface area contributed by atoms with Gasteiger partial charge in [-0.15, -0.1) is 11.3 Å². The van der Waals surface area contributed by atoms with E-state index in [1.54, 1.807) is 0 Å². The lowest BCUT2D eigenvalue weighted by Gasteiger charge is -2.15. The van der Waals surface area contributed by atoms with E-state index in [0.29, 0.717) is 0 Å². The van der Waals surface area contributed by atoms with Crippen molar-refractivity contribution in [2.75, 3.05) is 0 Å². The molecule has 0 radical (unpaired) electrons. The van der Waals surface area contributed by atoms with E-state index >= 15 is 0 Å². The molecule has 0 aliphatic carbocycles. The lowest BCUT2D eigenvalue weighted by atomic mass is 9.98. The highest BCUT2D eigenvalue weighted by Gasteiger charge is 2.20. The van der Waals surface area contributed by atoms with Crippen LogP contribution in [-0.4, -0.2) is 19.1 Å². The summed E-state index contributed by atoms with van der Waals surface area (Å²) < 4.78 is 7.16. The van der Waals surface area contributed by atoms with Gasteiger partial charge in [-0.1, -0.05) is 127 Å². The van der Waals surface area contributed by atoms with Crippen LogP contribution in [0.25, 0.3) is 109 Å². The molecule has 0 fully saturated rings. The number of benzene rings is 8. The average molecular weight is 745 g/mol. The first kappa shape index (κ1) is 32.0. The van der Waals surface area contributed by atoms with Crippen molar-refractivity contribution >= 4 is 75.3 Å². The Bertz CT molecular complexity index is 3460. The molecule has 0 saturated carbocycles. The van der Waals surface area contributed by atoms with Crippen LogP contribution in [0.5, 0.6) is 0 Å². The molecule has 12 aromatic rings. The molecular weight excluding hydrogens is 713 g/mol. The van der Waals surface area contributed by atoms with E-state index < -0.39 is 0 Å². The SMILES string of the molecule is c1ccc(-c2nc3ccccc3n2-c2ccc(-c3cc(-c4nc5ccccc5c5c4sc4ccccc45)cc(-n4c5ccccc5c5ccccc54)c3)cc2)cc1. The number of imidazole rings is 1. The fourth-order valence-electron chi connectivity index (χ4n) is 8.74. The van der Waals surface area contributed by atoms with Gasteiger partial charge in [0.1, 0.15) is 5.82 Å². The predicted molar refractivity (Wildman–Crippen MR) is 240 cm³/mol. The zero-order chi connectivity index (χ0) is 37.5. The van der Waals surface area contributed by atoms with Gasteiger partial charge in [-0.2, -0.15) is 0 Å². The second kappa shape index (κ2) is 12.6. The van der Waals surface area contributed by atoms with Gasteiger partial charge in [-0.05, 0) is 77.9 Å². The Hall–Kier alpha value is -7.34. The fraction of sp³-hybridized carbons (Fsp3) is 0. The molecule has 0 aliphatic heterocycles. The number of pyridine rings is 1. The quantitative estimate of drug-likeness (QED) is 0.176. The Kier molecular flexibility index (Phi) is 7.06. The highest BCUT2D eigenvalue weighted by atomic mass is 32.1. The maximum absolute atomic E-state index is 5.46. The van der Waals surface area contributed by atoms with Gasteiger partial charge in [0.05, 0.1) is 38.0 Å². The highest BCUT2D eigenvalue weighted by Crippen LogP contribution is 2.44. The van der Waals surface area contributed by atoms with E-state index in [4.69, 9.17) is 9.97 Å². The molecule has 0 aliphatic rings. The summed E-state index contributed by atoms with van der Waals surface area (Å²) in [5.41, 5.74) is 13.0. The maximum Gasteiger partial charge on any atom is 0.145 e. The van der Waals surface area contributed by atoms with Crippen molar-refractivity contribution in [2.24, 2.45) is 0 Å². The van der Waals surface area contributed by atoms with Crippen molar-refractivity contribution in [1.29, 1.82) is 0 Å². The molecule has 4 nitrogen and oxygen atoms in total. The number of hydrogen-bond donors (Lipinski definition) is 0. The van der Waals surface area contributed by atoms with Crippen LogP contribution in [0, 0.1) is 0 Å². The Morgan fingerprint density at radius 1 is 0.368 bits per heavy atom. The number of aromatic nitrogens is 4. The number of hydrogen-bond acceptors (Lipinski definition) is 3. The molecule has 5 heteroatoms. The molecule has 0 spiro atoms. The number of rotatable bonds is 5. The average Bonchev–Trinajstić information content (AvgIpc) is 3.97. The zero-order valence-corrected chi connectivity index (χ0v) is 31.5. The molecular formula is C52H32N4S. The fourth-order valence-corrected chi connectivity index (χ4v) is 9.97. The largest absolute Gasteiger partial charge is 0.309 e. The molecule has 0 N–H and O–H groups in total. The van der Waals surface area contributed by atoms with Crippen LogP contribution in [0.2, 0.25) is 0 Å². The third-order valence-electron chi connectivity index (χ3n) is 11.3. The van der Waals surface area contributed by atoms with Gasteiger partial charge in [0.25, 0.3) is 0 Å². The van der Waals surface area contributed by atoms with E-state index in [1.807, 2.05) is 17.4 Å². The smallest absolute Gasteiger partial charge is 0.145 e. The molecule has 57 heavy (non-hydrogen) atoms. The number of thiophene rings is 1. The van der Waals surface area contributed by atoms with Gasteiger partial charge in [-0.25, -0.2) is 9.97 Å².